The molecule has 14 heteroatoms. The molecule has 5 N–H and O–H groups in total. The molecule has 60 heavy (non-hydrogen) atoms. The van der Waals surface area contributed by atoms with Gasteiger partial charge in [0.05, 0.1) is 28.6 Å². The number of aliphatic hydroxyl groups is 1. The van der Waals surface area contributed by atoms with Crippen LogP contribution in [-0.4, -0.2) is 87.0 Å². The molecule has 0 saturated heterocycles. The van der Waals surface area contributed by atoms with E-state index in [0.717, 1.165) is 84.3 Å². The molecule has 4 fully saturated rings. The molecule has 5 aliphatic rings. The largest absolute Gasteiger partial charge is 0.476 e. The minimum atomic E-state index is -1.10. The van der Waals surface area contributed by atoms with Gasteiger partial charge in [-0.15, -0.1) is 0 Å². The second-order valence-electron chi connectivity index (χ2n) is 18.8. The van der Waals surface area contributed by atoms with Gasteiger partial charge >= 0.3 is 5.97 Å². The van der Waals surface area contributed by atoms with Crippen molar-refractivity contribution in [3.05, 3.63) is 88.9 Å². The Morgan fingerprint density at radius 3 is 2.52 bits per heavy atom. The van der Waals surface area contributed by atoms with Gasteiger partial charge in [0.15, 0.2) is 10.8 Å². The number of carbonyl (C=O) groups excluding carboxylic acids is 1. The van der Waals surface area contributed by atoms with Gasteiger partial charge < -0.3 is 25.2 Å². The minimum Gasteiger partial charge on any atom is -0.476 e. The summed E-state index contributed by atoms with van der Waals surface area (Å²) in [5.41, 5.74) is 5.84. The van der Waals surface area contributed by atoms with E-state index in [2.05, 4.69) is 50.4 Å². The number of nitrogens with one attached hydrogen (secondary N) is 3. The fraction of sp³-hybridized carbons (Fsp3) is 0.500. The molecule has 13 nitrogen and oxygen atoms in total. The highest BCUT2D eigenvalue weighted by Crippen LogP contribution is 2.72. The number of aliphatic hydroxyl groups excluding tert-OH is 1. The van der Waals surface area contributed by atoms with E-state index >= 15 is 0 Å². The lowest BCUT2D eigenvalue weighted by Crippen LogP contribution is -2.64. The highest BCUT2D eigenvalue weighted by molar-refractivity contribution is 7.22. The number of nitrogens with zero attached hydrogens (tertiary/aromatic N) is 5. The van der Waals surface area contributed by atoms with Crippen molar-refractivity contribution in [3.63, 3.8) is 0 Å². The zero-order valence-corrected chi connectivity index (χ0v) is 35.8. The number of aromatic nitrogens is 4. The Labute approximate surface area is 355 Å². The molecular formula is C46H56N8O5S. The van der Waals surface area contributed by atoms with Crippen LogP contribution in [0.2, 0.25) is 0 Å². The lowest BCUT2D eigenvalue weighted by molar-refractivity contribution is -0.247. The predicted octanol–water partition coefficient (Wildman–Crippen LogP) is 7.03. The predicted molar refractivity (Wildman–Crippen MR) is 234 cm³/mol. The molecular weight excluding hydrogens is 777 g/mol. The third-order valence-corrected chi connectivity index (χ3v) is 14.5. The van der Waals surface area contributed by atoms with E-state index < -0.39 is 12.2 Å². The summed E-state index contributed by atoms with van der Waals surface area (Å²) in [5, 5.41) is 35.2. The highest BCUT2D eigenvalue weighted by Gasteiger charge is 2.66. The Balaban J connectivity index is 0.920. The van der Waals surface area contributed by atoms with Crippen LogP contribution in [0.4, 0.5) is 10.9 Å². The molecule has 3 aromatic heterocycles. The molecule has 2 aromatic carbocycles. The standard InChI is InChI=1S/C46H56N8O5S/c1-29-33(20-49-54(29)28-45-23-43(2)22-44(3,24-45)26-46(25-43,27-45)59-19-17-48-16-14-38(55)47-4)31-12-13-37(51-39(31)41(57)58)53-18-15-30-8-7-9-32(34(30)21-53)40(56)52-42-50-35-10-5-6-11-36(35)60-42/h5-13,20,38,47-48,55H,14-19,21-28H2,1-4H3,(H,57,58)(H,50,52,56). The van der Waals surface area contributed by atoms with Crippen LogP contribution in [0.3, 0.4) is 0 Å². The Hall–Kier alpha value is -4.73. The van der Waals surface area contributed by atoms with Crippen molar-refractivity contribution in [1.82, 2.24) is 30.4 Å². The summed E-state index contributed by atoms with van der Waals surface area (Å²) in [7, 11) is 1.76. The molecule has 4 bridgehead atoms. The molecule has 0 spiro atoms. The maximum atomic E-state index is 13.7. The number of carboxylic acid groups (broad SMARTS) is 1. The number of carboxylic acids is 1. The third-order valence-electron chi connectivity index (χ3n) is 13.6. The molecule has 5 aromatic rings. The molecule has 0 radical (unpaired) electrons. The number of hydrogen-bond donors (Lipinski definition) is 5. The normalized spacial score (nSPS) is 26.1. The number of amides is 1. The first kappa shape index (κ1) is 40.7. The van der Waals surface area contributed by atoms with E-state index in [1.54, 1.807) is 13.2 Å². The number of ether oxygens (including phenoxy) is 1. The zero-order valence-electron chi connectivity index (χ0n) is 35.0. The van der Waals surface area contributed by atoms with Crippen molar-refractivity contribution in [2.24, 2.45) is 16.2 Å². The number of fused-ring (bicyclic) bond motifs is 2. The summed E-state index contributed by atoms with van der Waals surface area (Å²) < 4.78 is 9.98. The van der Waals surface area contributed by atoms with Gasteiger partial charge in [-0.3, -0.25) is 20.1 Å². The number of thiazole rings is 1. The van der Waals surface area contributed by atoms with Crippen LogP contribution in [0, 0.1) is 23.2 Å². The maximum Gasteiger partial charge on any atom is 0.355 e. The highest BCUT2D eigenvalue weighted by atomic mass is 32.1. The van der Waals surface area contributed by atoms with Crippen LogP contribution in [0.15, 0.2) is 60.8 Å². The smallest absolute Gasteiger partial charge is 0.355 e. The Morgan fingerprint density at radius 2 is 1.75 bits per heavy atom. The van der Waals surface area contributed by atoms with E-state index in [-0.39, 0.29) is 33.4 Å². The van der Waals surface area contributed by atoms with Crippen LogP contribution in [-0.2, 0) is 24.2 Å². The molecule has 4 saturated carbocycles. The molecule has 4 heterocycles. The van der Waals surface area contributed by atoms with Crippen LogP contribution < -0.4 is 20.9 Å². The number of carbonyl (C=O) groups is 2. The lowest BCUT2D eigenvalue weighted by atomic mass is 9.39. The van der Waals surface area contributed by atoms with Gasteiger partial charge in [-0.2, -0.15) is 5.10 Å². The maximum absolute atomic E-state index is 13.7. The number of pyridine rings is 1. The fourth-order valence-electron chi connectivity index (χ4n) is 12.3. The van der Waals surface area contributed by atoms with Gasteiger partial charge in [0, 0.05) is 48.6 Å². The van der Waals surface area contributed by atoms with E-state index in [0.29, 0.717) is 54.6 Å². The first-order chi connectivity index (χ1) is 28.8. The molecule has 316 valence electrons. The molecule has 3 unspecified atom stereocenters. The van der Waals surface area contributed by atoms with Crippen LogP contribution in [0.5, 0.6) is 0 Å². The van der Waals surface area contributed by atoms with Crippen molar-refractivity contribution in [1.29, 1.82) is 0 Å². The zero-order chi connectivity index (χ0) is 41.9. The van der Waals surface area contributed by atoms with Crippen molar-refractivity contribution < 1.29 is 24.5 Å². The second kappa shape index (κ2) is 15.6. The summed E-state index contributed by atoms with van der Waals surface area (Å²) in [5.74, 6) is -0.764. The van der Waals surface area contributed by atoms with E-state index in [1.165, 1.54) is 17.8 Å². The average Bonchev–Trinajstić information content (AvgIpc) is 3.78. The van der Waals surface area contributed by atoms with Gasteiger partial charge in [-0.1, -0.05) is 49.4 Å². The molecule has 10 rings (SSSR count). The number of hydrogen-bond acceptors (Lipinski definition) is 11. The summed E-state index contributed by atoms with van der Waals surface area (Å²) in [6.07, 6.45) is 9.21. The Bertz CT molecular complexity index is 2390. The van der Waals surface area contributed by atoms with Crippen LogP contribution >= 0.6 is 11.3 Å². The van der Waals surface area contributed by atoms with Crippen LogP contribution in [0.1, 0.15) is 96.5 Å². The number of anilines is 2. The van der Waals surface area contributed by atoms with E-state index in [4.69, 9.17) is 14.8 Å². The van der Waals surface area contributed by atoms with Gasteiger partial charge in [0.1, 0.15) is 12.0 Å². The van der Waals surface area contributed by atoms with Crippen LogP contribution in [0.25, 0.3) is 21.3 Å². The van der Waals surface area contributed by atoms with Crippen molar-refractivity contribution in [2.45, 2.75) is 97.1 Å². The van der Waals surface area contributed by atoms with E-state index in [1.807, 2.05) is 55.5 Å². The van der Waals surface area contributed by atoms with Gasteiger partial charge in [-0.05, 0) is 130 Å². The summed E-state index contributed by atoms with van der Waals surface area (Å²) >= 11 is 1.44. The fourth-order valence-corrected chi connectivity index (χ4v) is 13.1. The number of benzene rings is 2. The summed E-state index contributed by atoms with van der Waals surface area (Å²) in [6, 6.07) is 17.4. The first-order valence-electron chi connectivity index (χ1n) is 21.3. The van der Waals surface area contributed by atoms with E-state index in [9.17, 15) is 19.8 Å². The number of rotatable bonds is 15. The summed E-state index contributed by atoms with van der Waals surface area (Å²) in [4.78, 5) is 38.0. The molecule has 1 aliphatic heterocycles. The number of para-hydroxylation sites is 1. The van der Waals surface area contributed by atoms with Gasteiger partial charge in [0.2, 0.25) is 0 Å². The Kier molecular flexibility index (Phi) is 10.6. The van der Waals surface area contributed by atoms with Crippen molar-refractivity contribution in [3.8, 4) is 11.1 Å². The Morgan fingerprint density at radius 1 is 0.950 bits per heavy atom. The minimum absolute atomic E-state index is 0.0148. The molecule has 4 aliphatic carbocycles. The molecule has 1 amide bonds. The van der Waals surface area contributed by atoms with Crippen molar-refractivity contribution in [2.75, 3.05) is 43.5 Å². The molecule has 3 atom stereocenters. The monoisotopic (exact) mass is 832 g/mol. The average molecular weight is 833 g/mol. The quantitative estimate of drug-likeness (QED) is 0.0543. The van der Waals surface area contributed by atoms with Gasteiger partial charge in [0.25, 0.3) is 5.91 Å². The number of aromatic carboxylic acids is 1. The SMILES string of the molecule is CNC(O)CCNCCOC12CC3(C)CC(C)(CC(Cn4ncc(-c5ccc(N6CCc7cccc(C(=O)Nc8nc9ccccc9s8)c7C6)nc5C(=O)O)c4C)(C3)C1)C2. The van der Waals surface area contributed by atoms with Gasteiger partial charge in [-0.25, -0.2) is 14.8 Å². The topological polar surface area (TPSA) is 167 Å². The van der Waals surface area contributed by atoms with Crippen molar-refractivity contribution >= 4 is 44.4 Å². The lowest BCUT2D eigenvalue weighted by Gasteiger charge is -2.69. The summed E-state index contributed by atoms with van der Waals surface area (Å²) in [6.45, 7) is 10.8. The second-order valence-corrected chi connectivity index (χ2v) is 19.8. The third kappa shape index (κ3) is 7.84. The first-order valence-corrected chi connectivity index (χ1v) is 22.1.